The van der Waals surface area contributed by atoms with Crippen LogP contribution in [0.1, 0.15) is 44.1 Å². The Hall–Kier alpha value is -2.91. The molecule has 4 rings (SSSR count). The summed E-state index contributed by atoms with van der Waals surface area (Å²) in [6.07, 6.45) is 4.85. The number of nitrogens with one attached hydrogen (secondary N) is 2. The number of rotatable bonds is 7. The minimum absolute atomic E-state index is 0.0883. The molecule has 8 nitrogen and oxygen atoms in total. The van der Waals surface area contributed by atoms with E-state index in [9.17, 15) is 18.0 Å². The molecule has 2 amide bonds. The van der Waals surface area contributed by atoms with Crippen LogP contribution < -0.4 is 15.4 Å². The summed E-state index contributed by atoms with van der Waals surface area (Å²) in [7, 11) is -2.19. The molecule has 0 unspecified atom stereocenters. The molecule has 0 saturated carbocycles. The zero-order valence-corrected chi connectivity index (χ0v) is 20.2. The molecule has 2 heterocycles. The van der Waals surface area contributed by atoms with E-state index in [-0.39, 0.29) is 29.0 Å². The van der Waals surface area contributed by atoms with Gasteiger partial charge >= 0.3 is 0 Å². The predicted octanol–water partition coefficient (Wildman–Crippen LogP) is 3.79. The van der Waals surface area contributed by atoms with Gasteiger partial charge in [-0.1, -0.05) is 31.0 Å². The maximum atomic E-state index is 13.2. The van der Waals surface area contributed by atoms with E-state index in [1.54, 1.807) is 6.07 Å². The van der Waals surface area contributed by atoms with Crippen molar-refractivity contribution < 1.29 is 22.7 Å². The van der Waals surface area contributed by atoms with Crippen molar-refractivity contribution in [2.75, 3.05) is 30.8 Å². The summed E-state index contributed by atoms with van der Waals surface area (Å²) in [4.78, 5) is 25.3. The van der Waals surface area contributed by atoms with E-state index in [2.05, 4.69) is 10.6 Å². The Bertz CT molecular complexity index is 1160. The number of methoxy groups -OCH3 is 1. The highest BCUT2D eigenvalue weighted by Crippen LogP contribution is 2.31. The number of fused-ring (bicyclic) bond motifs is 1. The number of ether oxygens (including phenoxy) is 1. The van der Waals surface area contributed by atoms with Crippen LogP contribution in [-0.2, 0) is 26.0 Å². The SMILES string of the molecule is COc1ccc(S(=O)(=O)N2CCCCCC2)cc1NC(=O)CC[C@@H]1Cc2ccccc2NC1=O. The van der Waals surface area contributed by atoms with Gasteiger partial charge in [-0.05, 0) is 55.5 Å². The minimum Gasteiger partial charge on any atom is -0.495 e. The quantitative estimate of drug-likeness (QED) is 0.621. The van der Waals surface area contributed by atoms with Crippen molar-refractivity contribution in [3.05, 3.63) is 48.0 Å². The first-order chi connectivity index (χ1) is 16.4. The molecule has 0 radical (unpaired) electrons. The molecule has 2 aliphatic heterocycles. The molecule has 0 aromatic heterocycles. The lowest BCUT2D eigenvalue weighted by Gasteiger charge is -2.24. The van der Waals surface area contributed by atoms with Crippen LogP contribution in [0.15, 0.2) is 47.4 Å². The zero-order chi connectivity index (χ0) is 24.1. The molecule has 0 bridgehead atoms. The van der Waals surface area contributed by atoms with Crippen LogP contribution >= 0.6 is 0 Å². The first-order valence-electron chi connectivity index (χ1n) is 11.8. The molecule has 0 spiro atoms. The van der Waals surface area contributed by atoms with Crippen LogP contribution in [0.5, 0.6) is 5.75 Å². The summed E-state index contributed by atoms with van der Waals surface area (Å²) in [6, 6.07) is 12.2. The highest BCUT2D eigenvalue weighted by molar-refractivity contribution is 7.89. The summed E-state index contributed by atoms with van der Waals surface area (Å²) < 4.78 is 33.2. The van der Waals surface area contributed by atoms with Gasteiger partial charge in [0.25, 0.3) is 0 Å². The standard InChI is InChI=1S/C25H31N3O5S/c1-33-23-12-11-20(34(31,32)28-14-6-2-3-7-15-28)17-22(23)26-24(29)13-10-19-16-18-8-4-5-9-21(18)27-25(19)30/h4-5,8-9,11-12,17,19H,2-3,6-7,10,13-16H2,1H3,(H,26,29)(H,27,30)/t19-/m1/s1. The smallest absolute Gasteiger partial charge is 0.243 e. The third-order valence-corrected chi connectivity index (χ3v) is 8.37. The van der Waals surface area contributed by atoms with Crippen LogP contribution in [0.2, 0.25) is 0 Å². The van der Waals surface area contributed by atoms with Gasteiger partial charge in [0.05, 0.1) is 17.7 Å². The molecule has 2 aromatic carbocycles. The lowest BCUT2D eigenvalue weighted by atomic mass is 9.89. The monoisotopic (exact) mass is 485 g/mol. The topological polar surface area (TPSA) is 105 Å². The van der Waals surface area contributed by atoms with Gasteiger partial charge in [0.1, 0.15) is 5.75 Å². The Labute approximate surface area is 200 Å². The summed E-state index contributed by atoms with van der Waals surface area (Å²) >= 11 is 0. The van der Waals surface area contributed by atoms with E-state index in [1.807, 2.05) is 24.3 Å². The van der Waals surface area contributed by atoms with Crippen LogP contribution in [0.4, 0.5) is 11.4 Å². The fourth-order valence-electron chi connectivity index (χ4n) is 4.54. The third-order valence-electron chi connectivity index (χ3n) is 6.48. The van der Waals surface area contributed by atoms with Crippen molar-refractivity contribution in [2.45, 2.75) is 49.8 Å². The number of carbonyl (C=O) groups excluding carboxylic acids is 2. The van der Waals surface area contributed by atoms with Crippen LogP contribution in [0.25, 0.3) is 0 Å². The number of para-hydroxylation sites is 1. The Morgan fingerprint density at radius 3 is 2.59 bits per heavy atom. The molecule has 0 aliphatic carbocycles. The van der Waals surface area contributed by atoms with E-state index in [0.29, 0.717) is 37.4 Å². The van der Waals surface area contributed by atoms with Crippen molar-refractivity contribution in [1.29, 1.82) is 0 Å². The van der Waals surface area contributed by atoms with E-state index in [1.165, 1.54) is 23.5 Å². The Morgan fingerprint density at radius 1 is 1.12 bits per heavy atom. The number of sulfonamides is 1. The first kappa shape index (κ1) is 24.2. The third kappa shape index (κ3) is 5.42. The van der Waals surface area contributed by atoms with E-state index in [0.717, 1.165) is 36.9 Å². The van der Waals surface area contributed by atoms with Gasteiger partial charge in [0.2, 0.25) is 21.8 Å². The molecule has 182 valence electrons. The second kappa shape index (κ2) is 10.6. The number of carbonyl (C=O) groups is 2. The number of nitrogens with zero attached hydrogens (tertiary/aromatic N) is 1. The highest BCUT2D eigenvalue weighted by Gasteiger charge is 2.28. The molecule has 2 aliphatic rings. The fourth-order valence-corrected chi connectivity index (χ4v) is 6.08. The summed E-state index contributed by atoms with van der Waals surface area (Å²) in [5.41, 5.74) is 2.18. The maximum absolute atomic E-state index is 13.2. The summed E-state index contributed by atoms with van der Waals surface area (Å²) in [5, 5.41) is 5.68. The number of hydrogen-bond donors (Lipinski definition) is 2. The normalized spacial score (nSPS) is 19.0. The van der Waals surface area contributed by atoms with E-state index < -0.39 is 10.0 Å². The summed E-state index contributed by atoms with van der Waals surface area (Å²) in [6.45, 7) is 1.01. The number of benzene rings is 2. The van der Waals surface area contributed by atoms with Crippen LogP contribution in [0, 0.1) is 5.92 Å². The fraction of sp³-hybridized carbons (Fsp3) is 0.440. The Morgan fingerprint density at radius 2 is 1.85 bits per heavy atom. The highest BCUT2D eigenvalue weighted by atomic mass is 32.2. The van der Waals surface area contributed by atoms with E-state index in [4.69, 9.17) is 4.74 Å². The van der Waals surface area contributed by atoms with Gasteiger partial charge in [-0.25, -0.2) is 8.42 Å². The van der Waals surface area contributed by atoms with Crippen molar-refractivity contribution >= 4 is 33.2 Å². The largest absolute Gasteiger partial charge is 0.495 e. The molecule has 1 fully saturated rings. The Balaban J connectivity index is 1.43. The summed E-state index contributed by atoms with van der Waals surface area (Å²) in [5.74, 6) is -0.298. The van der Waals surface area contributed by atoms with Crippen molar-refractivity contribution in [3.8, 4) is 5.75 Å². The van der Waals surface area contributed by atoms with Crippen LogP contribution in [-0.4, -0.2) is 44.7 Å². The molecule has 1 atom stereocenters. The molecule has 9 heteroatoms. The second-order valence-corrected chi connectivity index (χ2v) is 10.8. The van der Waals surface area contributed by atoms with Crippen molar-refractivity contribution in [2.24, 2.45) is 5.92 Å². The number of anilines is 2. The van der Waals surface area contributed by atoms with Crippen molar-refractivity contribution in [3.63, 3.8) is 0 Å². The lowest BCUT2D eigenvalue weighted by Crippen LogP contribution is -2.32. The molecular weight excluding hydrogens is 454 g/mol. The van der Waals surface area contributed by atoms with Gasteiger partial charge in [-0.15, -0.1) is 0 Å². The van der Waals surface area contributed by atoms with Gasteiger partial charge in [-0.3, -0.25) is 9.59 Å². The maximum Gasteiger partial charge on any atom is 0.243 e. The number of hydrogen-bond acceptors (Lipinski definition) is 5. The van der Waals surface area contributed by atoms with Crippen LogP contribution in [0.3, 0.4) is 0 Å². The molecule has 2 aromatic rings. The number of amides is 2. The van der Waals surface area contributed by atoms with Gasteiger partial charge in [0, 0.05) is 31.1 Å². The molecule has 34 heavy (non-hydrogen) atoms. The van der Waals surface area contributed by atoms with Gasteiger partial charge in [0.15, 0.2) is 0 Å². The van der Waals surface area contributed by atoms with Crippen molar-refractivity contribution in [1.82, 2.24) is 4.31 Å². The Kier molecular flexibility index (Phi) is 7.53. The molecular formula is C25H31N3O5S. The molecule has 1 saturated heterocycles. The minimum atomic E-state index is -3.66. The lowest BCUT2D eigenvalue weighted by molar-refractivity contribution is -0.121. The van der Waals surface area contributed by atoms with Gasteiger partial charge in [-0.2, -0.15) is 4.31 Å². The second-order valence-electron chi connectivity index (χ2n) is 8.81. The average molecular weight is 486 g/mol. The molecule has 2 N–H and O–H groups in total. The van der Waals surface area contributed by atoms with E-state index >= 15 is 0 Å². The zero-order valence-electron chi connectivity index (χ0n) is 19.4. The average Bonchev–Trinajstić information content (AvgIpc) is 3.13. The first-order valence-corrected chi connectivity index (χ1v) is 13.2. The van der Waals surface area contributed by atoms with Gasteiger partial charge < -0.3 is 15.4 Å². The predicted molar refractivity (Wildman–Crippen MR) is 130 cm³/mol.